The Kier molecular flexibility index (Phi) is 17.4. The predicted octanol–water partition coefficient (Wildman–Crippen LogP) is 7.19. The Hall–Kier alpha value is -0.240. The number of amides is 1. The zero-order chi connectivity index (χ0) is 18.0. The second-order valence-corrected chi connectivity index (χ2v) is 8.15. The molecule has 3 heteroatoms. The second-order valence-electron chi connectivity index (χ2n) is 7.62. The van der Waals surface area contributed by atoms with E-state index in [-0.39, 0.29) is 11.4 Å². The van der Waals surface area contributed by atoms with Gasteiger partial charge in [0.25, 0.3) is 0 Å². The molecular formula is C21H42ClNO. The molecule has 1 unspecified atom stereocenters. The number of hydrogen-bond acceptors (Lipinski definition) is 1. The van der Waals surface area contributed by atoms with Crippen LogP contribution < -0.4 is 5.32 Å². The predicted molar refractivity (Wildman–Crippen MR) is 108 cm³/mol. The van der Waals surface area contributed by atoms with E-state index in [1.807, 2.05) is 6.92 Å². The fourth-order valence-electron chi connectivity index (χ4n) is 2.95. The molecule has 0 bridgehead atoms. The Morgan fingerprint density at radius 2 is 1.21 bits per heavy atom. The van der Waals surface area contributed by atoms with Gasteiger partial charge in [0.2, 0.25) is 5.91 Å². The highest BCUT2D eigenvalue weighted by Gasteiger charge is 2.05. The molecule has 0 rings (SSSR count). The standard InChI is InChI=1S/C21H42ClNO/c1-4-20(22)23-21(24)18-16-14-12-10-8-6-5-7-9-11-13-15-17-19(2)3/h19-20H,4-18H2,1-3H3,(H,23,24). The van der Waals surface area contributed by atoms with Crippen LogP contribution in [0.1, 0.15) is 117 Å². The summed E-state index contributed by atoms with van der Waals surface area (Å²) in [5.74, 6) is 0.971. The number of hydrogen-bond donors (Lipinski definition) is 1. The maximum Gasteiger partial charge on any atom is 0.221 e. The quantitative estimate of drug-likeness (QED) is 0.166. The third-order valence-corrected chi connectivity index (χ3v) is 5.03. The van der Waals surface area contributed by atoms with Gasteiger partial charge in [-0.3, -0.25) is 4.79 Å². The lowest BCUT2D eigenvalue weighted by molar-refractivity contribution is -0.121. The molecular weight excluding hydrogens is 318 g/mol. The maximum atomic E-state index is 11.6. The van der Waals surface area contributed by atoms with Crippen LogP contribution in [0.15, 0.2) is 0 Å². The zero-order valence-corrected chi connectivity index (χ0v) is 17.3. The van der Waals surface area contributed by atoms with E-state index in [1.165, 1.54) is 77.0 Å². The molecule has 0 heterocycles. The highest BCUT2D eigenvalue weighted by atomic mass is 35.5. The topological polar surface area (TPSA) is 29.1 Å². The molecule has 0 saturated carbocycles. The van der Waals surface area contributed by atoms with Gasteiger partial charge in [0.1, 0.15) is 5.50 Å². The van der Waals surface area contributed by atoms with E-state index in [0.717, 1.165) is 18.8 Å². The van der Waals surface area contributed by atoms with Crippen LogP contribution in [0, 0.1) is 5.92 Å². The van der Waals surface area contributed by atoms with Crippen molar-refractivity contribution in [2.75, 3.05) is 0 Å². The third-order valence-electron chi connectivity index (χ3n) is 4.61. The molecule has 0 aliphatic carbocycles. The van der Waals surface area contributed by atoms with Crippen molar-refractivity contribution in [2.45, 2.75) is 123 Å². The summed E-state index contributed by atoms with van der Waals surface area (Å²) in [4.78, 5) is 11.6. The first kappa shape index (κ1) is 23.8. The van der Waals surface area contributed by atoms with Crippen molar-refractivity contribution in [2.24, 2.45) is 5.92 Å². The van der Waals surface area contributed by atoms with Gasteiger partial charge in [-0.05, 0) is 18.8 Å². The van der Waals surface area contributed by atoms with Gasteiger partial charge in [-0.1, -0.05) is 109 Å². The van der Waals surface area contributed by atoms with Crippen LogP contribution in [0.25, 0.3) is 0 Å². The van der Waals surface area contributed by atoms with Crippen molar-refractivity contribution >= 4 is 17.5 Å². The van der Waals surface area contributed by atoms with Gasteiger partial charge < -0.3 is 5.32 Å². The molecule has 2 nitrogen and oxygen atoms in total. The number of alkyl halides is 1. The van der Waals surface area contributed by atoms with E-state index >= 15 is 0 Å². The lowest BCUT2D eigenvalue weighted by atomic mass is 10.0. The number of unbranched alkanes of at least 4 members (excludes halogenated alkanes) is 11. The fraction of sp³-hybridized carbons (Fsp3) is 0.952. The summed E-state index contributed by atoms with van der Waals surface area (Å²) < 4.78 is 0. The largest absolute Gasteiger partial charge is 0.340 e. The zero-order valence-electron chi connectivity index (χ0n) is 16.5. The molecule has 0 aromatic carbocycles. The molecule has 0 spiro atoms. The Morgan fingerprint density at radius 1 is 0.792 bits per heavy atom. The molecule has 0 aromatic heterocycles. The SMILES string of the molecule is CCC(Cl)NC(=O)CCCCCCCCCCCCCCC(C)C. The summed E-state index contributed by atoms with van der Waals surface area (Å²) in [5.41, 5.74) is -0.201. The highest BCUT2D eigenvalue weighted by Crippen LogP contribution is 2.14. The minimum absolute atomic E-state index is 0.102. The highest BCUT2D eigenvalue weighted by molar-refractivity contribution is 6.21. The molecule has 0 aliphatic rings. The number of nitrogens with one attached hydrogen (secondary N) is 1. The first-order valence-electron chi connectivity index (χ1n) is 10.5. The summed E-state index contributed by atoms with van der Waals surface area (Å²) in [6, 6.07) is 0. The third kappa shape index (κ3) is 18.1. The van der Waals surface area contributed by atoms with Gasteiger partial charge in [0.15, 0.2) is 0 Å². The fourth-order valence-corrected chi connectivity index (χ4v) is 3.08. The van der Waals surface area contributed by atoms with Crippen LogP contribution in [0.3, 0.4) is 0 Å². The summed E-state index contributed by atoms with van der Waals surface area (Å²) >= 11 is 5.90. The molecule has 24 heavy (non-hydrogen) atoms. The summed E-state index contributed by atoms with van der Waals surface area (Å²) in [7, 11) is 0. The van der Waals surface area contributed by atoms with Crippen molar-refractivity contribution in [3.8, 4) is 0 Å². The monoisotopic (exact) mass is 359 g/mol. The summed E-state index contributed by atoms with van der Waals surface area (Å²) in [5, 5.41) is 2.80. The normalized spacial score (nSPS) is 12.5. The van der Waals surface area contributed by atoms with Crippen LogP contribution in [-0.4, -0.2) is 11.4 Å². The van der Waals surface area contributed by atoms with Crippen LogP contribution >= 0.6 is 11.6 Å². The lowest BCUT2D eigenvalue weighted by Gasteiger charge is -2.09. The van der Waals surface area contributed by atoms with Gasteiger partial charge in [-0.2, -0.15) is 0 Å². The molecule has 0 aliphatic heterocycles. The van der Waals surface area contributed by atoms with Crippen molar-refractivity contribution in [3.63, 3.8) is 0 Å². The molecule has 1 atom stereocenters. The van der Waals surface area contributed by atoms with E-state index in [2.05, 4.69) is 19.2 Å². The summed E-state index contributed by atoms with van der Waals surface area (Å²) in [6.45, 7) is 6.61. The maximum absolute atomic E-state index is 11.6. The van der Waals surface area contributed by atoms with Crippen LogP contribution in [0.5, 0.6) is 0 Å². The van der Waals surface area contributed by atoms with Gasteiger partial charge in [-0.15, -0.1) is 0 Å². The second kappa shape index (κ2) is 17.6. The number of carbonyl (C=O) groups excluding carboxylic acids is 1. The van der Waals surface area contributed by atoms with Crippen LogP contribution in [-0.2, 0) is 4.79 Å². The number of carbonyl (C=O) groups is 1. The Labute approximate surface area is 156 Å². The van der Waals surface area contributed by atoms with Crippen molar-refractivity contribution in [1.82, 2.24) is 5.32 Å². The van der Waals surface area contributed by atoms with Crippen LogP contribution in [0.4, 0.5) is 0 Å². The first-order valence-corrected chi connectivity index (χ1v) is 10.9. The first-order chi connectivity index (χ1) is 11.6. The van der Waals surface area contributed by atoms with Gasteiger partial charge in [0.05, 0.1) is 0 Å². The minimum atomic E-state index is -0.201. The Morgan fingerprint density at radius 3 is 1.62 bits per heavy atom. The Bertz CT molecular complexity index is 281. The molecule has 0 saturated heterocycles. The van der Waals surface area contributed by atoms with Crippen molar-refractivity contribution in [3.05, 3.63) is 0 Å². The van der Waals surface area contributed by atoms with E-state index in [4.69, 9.17) is 11.6 Å². The van der Waals surface area contributed by atoms with E-state index in [9.17, 15) is 4.79 Å². The average molecular weight is 360 g/mol. The summed E-state index contributed by atoms with van der Waals surface area (Å²) in [6.07, 6.45) is 18.8. The van der Waals surface area contributed by atoms with Crippen LogP contribution in [0.2, 0.25) is 0 Å². The van der Waals surface area contributed by atoms with E-state index < -0.39 is 0 Å². The lowest BCUT2D eigenvalue weighted by Crippen LogP contribution is -2.29. The van der Waals surface area contributed by atoms with Crippen molar-refractivity contribution in [1.29, 1.82) is 0 Å². The minimum Gasteiger partial charge on any atom is -0.340 e. The molecule has 1 N–H and O–H groups in total. The average Bonchev–Trinajstić information content (AvgIpc) is 2.54. The number of halogens is 1. The van der Waals surface area contributed by atoms with E-state index in [0.29, 0.717) is 6.42 Å². The molecule has 0 radical (unpaired) electrons. The van der Waals surface area contributed by atoms with Gasteiger partial charge >= 0.3 is 0 Å². The molecule has 144 valence electrons. The molecule has 1 amide bonds. The van der Waals surface area contributed by atoms with Gasteiger partial charge in [-0.25, -0.2) is 0 Å². The Balaban J connectivity index is 3.14. The van der Waals surface area contributed by atoms with Gasteiger partial charge in [0, 0.05) is 6.42 Å². The molecule has 0 aromatic rings. The van der Waals surface area contributed by atoms with Crippen molar-refractivity contribution < 1.29 is 4.79 Å². The smallest absolute Gasteiger partial charge is 0.221 e. The van der Waals surface area contributed by atoms with E-state index in [1.54, 1.807) is 0 Å². The molecule has 0 fully saturated rings. The number of rotatable bonds is 17.